The van der Waals surface area contributed by atoms with Gasteiger partial charge in [0.15, 0.2) is 0 Å². The molecule has 0 saturated carbocycles. The van der Waals surface area contributed by atoms with Gasteiger partial charge in [-0.2, -0.15) is 9.90 Å². The Kier molecular flexibility index (Phi) is 63.6. The molecule has 0 aromatic rings. The first-order chi connectivity index (χ1) is 6.93. The van der Waals surface area contributed by atoms with E-state index in [1.807, 2.05) is 0 Å². The van der Waals surface area contributed by atoms with Crippen LogP contribution in [0.1, 0.15) is 0 Å². The molecule has 10 N–H and O–H groups in total. The molecule has 0 aromatic carbocycles. The van der Waals surface area contributed by atoms with Gasteiger partial charge in [-0.05, 0) is 0 Å². The minimum atomic E-state index is -2.67. The standard InChI is InChI=1S/3BH3O3.BHO3.H3P.Sr/c4*2-1(3)4;;/h3*2-4H;2H;1H3;/q;;;-2;;+2. The first-order valence-electron chi connectivity index (χ1n) is 3.05. The van der Waals surface area contributed by atoms with Gasteiger partial charge in [0.2, 0.25) is 0 Å². The van der Waals surface area contributed by atoms with Crippen LogP contribution < -0.4 is 10.0 Å². The van der Waals surface area contributed by atoms with E-state index >= 15 is 0 Å². The molecule has 18 heteroatoms. The molecule has 0 saturated heterocycles. The van der Waals surface area contributed by atoms with Crippen LogP contribution in [0.15, 0.2) is 0 Å². The molecule has 104 valence electrons. The van der Waals surface area contributed by atoms with E-state index in [2.05, 4.69) is 0 Å². The van der Waals surface area contributed by atoms with Crippen molar-refractivity contribution in [2.24, 2.45) is 0 Å². The van der Waals surface area contributed by atoms with Gasteiger partial charge < -0.3 is 60.3 Å². The molecule has 1 unspecified atom stereocenters. The van der Waals surface area contributed by atoms with Crippen molar-refractivity contribution in [1.82, 2.24) is 0 Å². The monoisotopic (exact) mass is 368 g/mol. The Bertz CT molecular complexity index is 67.1. The Balaban J connectivity index is -0.0000000257. The molecule has 0 amide bonds. The summed E-state index contributed by atoms with van der Waals surface area (Å²) in [6.07, 6.45) is 0. The fraction of sp³-hybridized carbons (Fsp3) is 0. The summed E-state index contributed by atoms with van der Waals surface area (Å²) in [5.74, 6) is 0. The molecular formula is H13B4O12PSr. The van der Waals surface area contributed by atoms with Crippen LogP contribution in [0.5, 0.6) is 0 Å². The summed E-state index contributed by atoms with van der Waals surface area (Å²) in [5.41, 5.74) is 0. The molecule has 0 fully saturated rings. The maximum Gasteiger partial charge on any atom is 2.00 e. The fourth-order valence-corrected chi connectivity index (χ4v) is 0. The van der Waals surface area contributed by atoms with Crippen LogP contribution in [0.25, 0.3) is 0 Å². The van der Waals surface area contributed by atoms with E-state index in [1.165, 1.54) is 0 Å². The molecule has 0 aromatic heterocycles. The van der Waals surface area contributed by atoms with Gasteiger partial charge in [0.1, 0.15) is 0 Å². The number of hydrogen-bond donors (Lipinski definition) is 10. The third-order valence-electron chi connectivity index (χ3n) is 0. The average molecular weight is 367 g/mol. The summed E-state index contributed by atoms with van der Waals surface area (Å²) in [6, 6.07) is 0. The molecule has 1 atom stereocenters. The predicted molar refractivity (Wildman–Crippen MR) is 62.1 cm³/mol. The number of rotatable bonds is 0. The van der Waals surface area contributed by atoms with Gasteiger partial charge in [0.25, 0.3) is 0 Å². The first-order valence-corrected chi connectivity index (χ1v) is 3.05. The van der Waals surface area contributed by atoms with Crippen LogP contribution in [0.2, 0.25) is 0 Å². The SMILES string of the molecule is OB(O)O.OB(O)O.OB(O)O.P.[O-]B([O-])O.[Sr+2]. The predicted octanol–water partition coefficient (Wildman–Crippen LogP) is -9.79. The Hall–Kier alpha value is 1.69. The molecule has 0 radical (unpaired) electrons. The minimum absolute atomic E-state index is 0. The molecule has 0 aliphatic rings. The largest absolute Gasteiger partial charge is 2.00 e. The maximum atomic E-state index is 8.53. The zero-order valence-electron chi connectivity index (χ0n) is 9.01. The molecular weight excluding hydrogens is 354 g/mol. The molecule has 12 nitrogen and oxygen atoms in total. The van der Waals surface area contributed by atoms with Gasteiger partial charge in [-0.3, -0.25) is 0 Å². The number of hydrogen-bond acceptors (Lipinski definition) is 12. The molecule has 0 bridgehead atoms. The fourth-order valence-electron chi connectivity index (χ4n) is 0. The average Bonchev–Trinajstić information content (AvgIpc) is 1.76. The molecule has 0 rings (SSSR count). The van der Waals surface area contributed by atoms with Crippen LogP contribution in [-0.2, 0) is 0 Å². The summed E-state index contributed by atoms with van der Waals surface area (Å²) in [5, 5.41) is 88.5. The molecule has 0 aliphatic carbocycles. The Morgan fingerprint density at radius 1 is 0.500 bits per heavy atom. The summed E-state index contributed by atoms with van der Waals surface area (Å²) in [6.45, 7) is 0. The normalized spacial score (nSPS) is 6.00. The van der Waals surface area contributed by atoms with Crippen LogP contribution in [0.3, 0.4) is 0 Å². The second-order valence-electron chi connectivity index (χ2n) is 1.35. The Morgan fingerprint density at radius 2 is 0.500 bits per heavy atom. The molecule has 0 aliphatic heterocycles. The molecule has 0 heterocycles. The van der Waals surface area contributed by atoms with E-state index in [1.54, 1.807) is 0 Å². The maximum absolute atomic E-state index is 8.53. The van der Waals surface area contributed by atoms with Crippen molar-refractivity contribution in [3.05, 3.63) is 0 Å². The van der Waals surface area contributed by atoms with E-state index in [0.29, 0.717) is 0 Å². The molecule has 0 spiro atoms. The van der Waals surface area contributed by atoms with Gasteiger partial charge in [-0.25, -0.2) is 0 Å². The van der Waals surface area contributed by atoms with E-state index in [4.69, 9.17) is 60.3 Å². The van der Waals surface area contributed by atoms with E-state index in [0.717, 1.165) is 0 Å². The van der Waals surface area contributed by atoms with Crippen LogP contribution in [-0.4, -0.2) is 125 Å². The van der Waals surface area contributed by atoms with Crippen molar-refractivity contribution in [3.8, 4) is 0 Å². The minimum Gasteiger partial charge on any atom is -0.871 e. The summed E-state index contributed by atoms with van der Waals surface area (Å²) in [7, 11) is -9.17. The zero-order chi connectivity index (χ0) is 14.3. The van der Waals surface area contributed by atoms with Crippen molar-refractivity contribution in [2.45, 2.75) is 0 Å². The molecule has 18 heavy (non-hydrogen) atoms. The second kappa shape index (κ2) is 31.2. The van der Waals surface area contributed by atoms with Gasteiger partial charge in [0.05, 0.1) is 7.32 Å². The van der Waals surface area contributed by atoms with E-state index in [9.17, 15) is 0 Å². The van der Waals surface area contributed by atoms with Crippen molar-refractivity contribution in [1.29, 1.82) is 0 Å². The van der Waals surface area contributed by atoms with Crippen molar-refractivity contribution in [2.75, 3.05) is 0 Å². The van der Waals surface area contributed by atoms with Crippen LogP contribution >= 0.6 is 9.90 Å². The topological polar surface area (TPSA) is 248 Å². The summed E-state index contributed by atoms with van der Waals surface area (Å²) < 4.78 is 0. The zero-order valence-corrected chi connectivity index (χ0v) is 13.9. The quantitative estimate of drug-likeness (QED) is 0.142. The van der Waals surface area contributed by atoms with Crippen molar-refractivity contribution < 1.29 is 60.3 Å². The Morgan fingerprint density at radius 3 is 0.500 bits per heavy atom. The second-order valence-corrected chi connectivity index (χ2v) is 1.35. The third kappa shape index (κ3) is 1720. The summed E-state index contributed by atoms with van der Waals surface area (Å²) >= 11 is 0. The van der Waals surface area contributed by atoms with Crippen molar-refractivity contribution >= 4 is 84.7 Å². The van der Waals surface area contributed by atoms with E-state index in [-0.39, 0.29) is 55.4 Å². The van der Waals surface area contributed by atoms with Gasteiger partial charge in [-0.1, -0.05) is 0 Å². The van der Waals surface area contributed by atoms with Gasteiger partial charge >= 0.3 is 67.4 Å². The van der Waals surface area contributed by atoms with Gasteiger partial charge in [-0.15, -0.1) is 0 Å². The first kappa shape index (κ1) is 36.7. The summed E-state index contributed by atoms with van der Waals surface area (Å²) in [4.78, 5) is 0. The van der Waals surface area contributed by atoms with E-state index < -0.39 is 29.3 Å². The van der Waals surface area contributed by atoms with Crippen LogP contribution in [0.4, 0.5) is 0 Å². The van der Waals surface area contributed by atoms with Crippen molar-refractivity contribution in [3.63, 3.8) is 0 Å². The van der Waals surface area contributed by atoms with Crippen LogP contribution in [0, 0.1) is 0 Å². The third-order valence-corrected chi connectivity index (χ3v) is 0. The Labute approximate surface area is 144 Å². The smallest absolute Gasteiger partial charge is 0.871 e. The van der Waals surface area contributed by atoms with Gasteiger partial charge in [0, 0.05) is 0 Å².